The Bertz CT molecular complexity index is 1400. The molecule has 13 heteroatoms. The number of rotatable bonds is 10. The van der Waals surface area contributed by atoms with Gasteiger partial charge in [0, 0.05) is 32.7 Å². The third-order valence-corrected chi connectivity index (χ3v) is 5.94. The molecule has 0 bridgehead atoms. The highest BCUT2D eigenvalue weighted by Crippen LogP contribution is 2.21. The number of fused-ring (bicyclic) bond motifs is 1. The number of aromatic amines is 1. The van der Waals surface area contributed by atoms with Gasteiger partial charge < -0.3 is 15.4 Å². The molecule has 182 valence electrons. The standard InChI is InChI=1S/C22H24N8O4S/c1-34-12-6-10-28(16(31)14-35-21-26-20-24-9-5-11-30(20)27-21)17-18(23)29(22(33)25-19(17)32)13-15-7-3-2-4-8-15/h2-5,7-9,11H,6,10,12-14,23H2,1H3,(H,25,32,33). The Hall–Kier alpha value is -3.97. The van der Waals surface area contributed by atoms with Crippen molar-refractivity contribution in [2.75, 3.05) is 36.6 Å². The Morgan fingerprint density at radius 1 is 1.23 bits per heavy atom. The molecule has 0 saturated carbocycles. The number of hydrogen-bond donors (Lipinski definition) is 2. The van der Waals surface area contributed by atoms with Crippen LogP contribution < -0.4 is 21.9 Å². The van der Waals surface area contributed by atoms with Gasteiger partial charge in [-0.3, -0.25) is 19.1 Å². The smallest absolute Gasteiger partial charge is 0.330 e. The van der Waals surface area contributed by atoms with Gasteiger partial charge >= 0.3 is 5.69 Å². The molecule has 0 fully saturated rings. The first kappa shape index (κ1) is 24.2. The number of ether oxygens (including phenoxy) is 1. The number of H-pyrrole nitrogens is 1. The number of thioether (sulfide) groups is 1. The van der Waals surface area contributed by atoms with Gasteiger partial charge in [-0.2, -0.15) is 4.98 Å². The third-order valence-electron chi connectivity index (χ3n) is 5.12. The van der Waals surface area contributed by atoms with Crippen LogP contribution in [0.1, 0.15) is 12.0 Å². The highest BCUT2D eigenvalue weighted by atomic mass is 32.2. The van der Waals surface area contributed by atoms with Gasteiger partial charge in [0.05, 0.1) is 12.3 Å². The normalized spacial score (nSPS) is 11.1. The molecule has 4 rings (SSSR count). The summed E-state index contributed by atoms with van der Waals surface area (Å²) in [4.78, 5) is 50.6. The molecule has 4 aromatic rings. The zero-order valence-corrected chi connectivity index (χ0v) is 19.8. The SMILES string of the molecule is COCCCN(C(=O)CSc1nc2ncccn2n1)c1c(N)n(Cc2ccccc2)c(=O)[nH]c1=O. The van der Waals surface area contributed by atoms with Crippen LogP contribution in [0.15, 0.2) is 63.5 Å². The van der Waals surface area contributed by atoms with Crippen molar-refractivity contribution in [2.24, 2.45) is 0 Å². The van der Waals surface area contributed by atoms with E-state index in [4.69, 9.17) is 10.5 Å². The molecule has 0 aliphatic carbocycles. The first-order chi connectivity index (χ1) is 17.0. The average molecular weight is 497 g/mol. The second-order valence-electron chi connectivity index (χ2n) is 7.50. The maximum atomic E-state index is 13.3. The highest BCUT2D eigenvalue weighted by Gasteiger charge is 2.24. The number of hydrogen-bond acceptors (Lipinski definition) is 9. The van der Waals surface area contributed by atoms with Crippen LogP contribution >= 0.6 is 11.8 Å². The molecule has 12 nitrogen and oxygen atoms in total. The van der Waals surface area contributed by atoms with E-state index in [1.165, 1.54) is 14.0 Å². The van der Waals surface area contributed by atoms with Crippen LogP contribution in [0.2, 0.25) is 0 Å². The fourth-order valence-electron chi connectivity index (χ4n) is 3.47. The van der Waals surface area contributed by atoms with Crippen LogP contribution in [-0.4, -0.2) is 61.1 Å². The molecule has 0 spiro atoms. The molecule has 3 N–H and O–H groups in total. The largest absolute Gasteiger partial charge is 0.385 e. The van der Waals surface area contributed by atoms with Crippen LogP contribution in [0.5, 0.6) is 0 Å². The second-order valence-corrected chi connectivity index (χ2v) is 8.45. The Labute approximate surface area is 203 Å². The third kappa shape index (κ3) is 5.58. The fourth-order valence-corrected chi connectivity index (χ4v) is 4.17. The molecule has 0 aliphatic rings. The molecular weight excluding hydrogens is 472 g/mol. The minimum absolute atomic E-state index is 0.0550. The molecule has 0 atom stereocenters. The molecule has 3 heterocycles. The van der Waals surface area contributed by atoms with Gasteiger partial charge in [0.25, 0.3) is 11.3 Å². The number of nitrogens with zero attached hydrogens (tertiary/aromatic N) is 6. The van der Waals surface area contributed by atoms with E-state index in [1.54, 1.807) is 25.6 Å². The highest BCUT2D eigenvalue weighted by molar-refractivity contribution is 7.99. The quantitative estimate of drug-likeness (QED) is 0.239. The van der Waals surface area contributed by atoms with Gasteiger partial charge in [0.2, 0.25) is 11.1 Å². The summed E-state index contributed by atoms with van der Waals surface area (Å²) < 4.78 is 7.85. The van der Waals surface area contributed by atoms with Crippen molar-refractivity contribution < 1.29 is 9.53 Å². The maximum Gasteiger partial charge on any atom is 0.330 e. The van der Waals surface area contributed by atoms with Crippen LogP contribution in [-0.2, 0) is 16.1 Å². The number of nitrogens with one attached hydrogen (secondary N) is 1. The first-order valence-electron chi connectivity index (χ1n) is 10.7. The molecule has 0 unspecified atom stereocenters. The van der Waals surface area contributed by atoms with Gasteiger partial charge in [-0.25, -0.2) is 14.3 Å². The van der Waals surface area contributed by atoms with Crippen molar-refractivity contribution in [2.45, 2.75) is 18.1 Å². The molecule has 35 heavy (non-hydrogen) atoms. The number of nitrogens with two attached hydrogens (primary N) is 1. The van der Waals surface area contributed by atoms with E-state index in [9.17, 15) is 14.4 Å². The summed E-state index contributed by atoms with van der Waals surface area (Å²) in [5, 5.41) is 4.64. The van der Waals surface area contributed by atoms with E-state index < -0.39 is 11.2 Å². The van der Waals surface area contributed by atoms with Gasteiger partial charge in [-0.1, -0.05) is 42.1 Å². The predicted molar refractivity (Wildman–Crippen MR) is 132 cm³/mol. The summed E-state index contributed by atoms with van der Waals surface area (Å²) in [5.74, 6) is -0.123. The lowest BCUT2D eigenvalue weighted by Gasteiger charge is -2.24. The summed E-state index contributed by atoms with van der Waals surface area (Å²) in [6.07, 6.45) is 3.76. The second kappa shape index (κ2) is 11.0. The van der Waals surface area contributed by atoms with Crippen molar-refractivity contribution in [3.63, 3.8) is 0 Å². The van der Waals surface area contributed by atoms with Crippen LogP contribution in [0.4, 0.5) is 11.5 Å². The topological polar surface area (TPSA) is 153 Å². The lowest BCUT2D eigenvalue weighted by molar-refractivity contribution is -0.116. The van der Waals surface area contributed by atoms with Gasteiger partial charge in [0.1, 0.15) is 5.82 Å². The minimum Gasteiger partial charge on any atom is -0.385 e. The summed E-state index contributed by atoms with van der Waals surface area (Å²) in [6.45, 7) is 0.685. The van der Waals surface area contributed by atoms with E-state index >= 15 is 0 Å². The Morgan fingerprint density at radius 3 is 2.77 bits per heavy atom. The van der Waals surface area contributed by atoms with Crippen molar-refractivity contribution in [3.05, 3.63) is 75.2 Å². The van der Waals surface area contributed by atoms with E-state index in [0.29, 0.717) is 24.0 Å². The van der Waals surface area contributed by atoms with Crippen LogP contribution in [0.3, 0.4) is 0 Å². The van der Waals surface area contributed by atoms with Gasteiger partial charge in [-0.05, 0) is 18.1 Å². The van der Waals surface area contributed by atoms with Gasteiger partial charge in [0.15, 0.2) is 5.69 Å². The monoisotopic (exact) mass is 496 g/mol. The first-order valence-corrected chi connectivity index (χ1v) is 11.7. The number of amides is 1. The number of carbonyl (C=O) groups is 1. The average Bonchev–Trinajstić information content (AvgIpc) is 3.28. The lowest BCUT2D eigenvalue weighted by Crippen LogP contribution is -2.42. The maximum absolute atomic E-state index is 13.3. The molecular formula is C22H24N8O4S. The summed E-state index contributed by atoms with van der Waals surface area (Å²) in [7, 11) is 1.55. The molecule has 0 saturated heterocycles. The number of nitrogen functional groups attached to an aromatic ring is 1. The zero-order chi connectivity index (χ0) is 24.8. The molecule has 0 radical (unpaired) electrons. The summed E-state index contributed by atoms with van der Waals surface area (Å²) in [5.41, 5.74) is 5.66. The van der Waals surface area contributed by atoms with E-state index in [-0.39, 0.29) is 36.3 Å². The number of anilines is 2. The van der Waals surface area contributed by atoms with Crippen molar-refractivity contribution in [1.29, 1.82) is 0 Å². The number of carbonyl (C=O) groups excluding carboxylic acids is 1. The number of methoxy groups -OCH3 is 1. The minimum atomic E-state index is -0.734. The van der Waals surface area contributed by atoms with E-state index in [1.807, 2.05) is 30.3 Å². The zero-order valence-electron chi connectivity index (χ0n) is 19.0. The predicted octanol–water partition coefficient (Wildman–Crippen LogP) is 0.767. The molecule has 0 aliphatic heterocycles. The fraction of sp³-hybridized carbons (Fsp3) is 0.273. The number of aromatic nitrogens is 6. The van der Waals surface area contributed by atoms with Crippen molar-refractivity contribution in [1.82, 2.24) is 29.1 Å². The van der Waals surface area contributed by atoms with Gasteiger partial charge in [-0.15, -0.1) is 5.10 Å². The number of benzene rings is 1. The van der Waals surface area contributed by atoms with Crippen LogP contribution in [0, 0.1) is 0 Å². The van der Waals surface area contributed by atoms with Crippen molar-refractivity contribution in [3.8, 4) is 0 Å². The molecule has 3 aromatic heterocycles. The summed E-state index contributed by atoms with van der Waals surface area (Å²) >= 11 is 1.11. The Balaban J connectivity index is 1.63. The Kier molecular flexibility index (Phi) is 7.57. The lowest BCUT2D eigenvalue weighted by atomic mass is 10.2. The molecule has 1 amide bonds. The van der Waals surface area contributed by atoms with Crippen LogP contribution in [0.25, 0.3) is 5.78 Å². The van der Waals surface area contributed by atoms with Crippen molar-refractivity contribution >= 4 is 35.0 Å². The van der Waals surface area contributed by atoms with E-state index in [2.05, 4.69) is 20.1 Å². The van der Waals surface area contributed by atoms with E-state index in [0.717, 1.165) is 17.3 Å². The Morgan fingerprint density at radius 2 is 2.03 bits per heavy atom. The molecule has 1 aromatic carbocycles. The summed E-state index contributed by atoms with van der Waals surface area (Å²) in [6, 6.07) is 10.9.